The first-order valence-electron chi connectivity index (χ1n) is 5.16. The van der Waals surface area contributed by atoms with Crippen LogP contribution < -0.4 is 0 Å². The van der Waals surface area contributed by atoms with E-state index < -0.39 is 0 Å². The fraction of sp³-hybridized carbons (Fsp3) is 0.636. The van der Waals surface area contributed by atoms with Crippen LogP contribution in [-0.4, -0.2) is 5.11 Å². The normalized spacial score (nSPS) is 21.9. The van der Waals surface area contributed by atoms with E-state index in [2.05, 4.69) is 38.8 Å². The van der Waals surface area contributed by atoms with Crippen molar-refractivity contribution in [3.63, 3.8) is 0 Å². The van der Waals surface area contributed by atoms with Gasteiger partial charge in [0.2, 0.25) is 0 Å². The molecule has 1 fully saturated rings. The predicted octanol–water partition coefficient (Wildman–Crippen LogP) is 4.89. The number of aliphatic hydroxyl groups excluding tert-OH is 1. The third-order valence-corrected chi connectivity index (χ3v) is 5.77. The third-order valence-electron chi connectivity index (χ3n) is 3.38. The molecule has 1 aromatic rings. The second kappa shape index (κ2) is 4.47. The third kappa shape index (κ3) is 2.33. The standard InChI is InChI=1S/C11H14Br2OS/c1-11(4-2-3-5-11)9(14)7-6-8(12)15-10(7)13/h6,9,14H,2-5H2,1H3. The smallest absolute Gasteiger partial charge is 0.0863 e. The summed E-state index contributed by atoms with van der Waals surface area (Å²) in [4.78, 5) is 0. The van der Waals surface area contributed by atoms with Gasteiger partial charge in [-0.2, -0.15) is 0 Å². The van der Waals surface area contributed by atoms with Crippen LogP contribution in [0.3, 0.4) is 0 Å². The Hall–Kier alpha value is 0.620. The summed E-state index contributed by atoms with van der Waals surface area (Å²) >= 11 is 8.60. The highest BCUT2D eigenvalue weighted by Gasteiger charge is 2.38. The maximum absolute atomic E-state index is 10.4. The highest BCUT2D eigenvalue weighted by atomic mass is 79.9. The molecule has 0 amide bonds. The lowest BCUT2D eigenvalue weighted by Crippen LogP contribution is -2.21. The van der Waals surface area contributed by atoms with E-state index in [4.69, 9.17) is 0 Å². The molecule has 0 spiro atoms. The van der Waals surface area contributed by atoms with Crippen molar-refractivity contribution < 1.29 is 5.11 Å². The summed E-state index contributed by atoms with van der Waals surface area (Å²) in [6, 6.07) is 2.03. The predicted molar refractivity (Wildman–Crippen MR) is 71.3 cm³/mol. The van der Waals surface area contributed by atoms with Gasteiger partial charge in [-0.1, -0.05) is 19.8 Å². The molecule has 0 aromatic carbocycles. The molecule has 0 aliphatic heterocycles. The second-order valence-corrected chi connectivity index (χ2v) is 8.29. The summed E-state index contributed by atoms with van der Waals surface area (Å²) < 4.78 is 2.13. The van der Waals surface area contributed by atoms with Gasteiger partial charge in [-0.05, 0) is 56.2 Å². The van der Waals surface area contributed by atoms with Gasteiger partial charge in [0.25, 0.3) is 0 Å². The molecule has 1 atom stereocenters. The molecule has 0 saturated heterocycles. The highest BCUT2D eigenvalue weighted by molar-refractivity contribution is 9.12. The van der Waals surface area contributed by atoms with Crippen LogP contribution in [-0.2, 0) is 0 Å². The molecule has 1 unspecified atom stereocenters. The molecule has 1 heterocycles. The van der Waals surface area contributed by atoms with E-state index in [0.717, 1.165) is 26.0 Å². The van der Waals surface area contributed by atoms with Crippen LogP contribution in [0.25, 0.3) is 0 Å². The Kier molecular flexibility index (Phi) is 3.61. The van der Waals surface area contributed by atoms with Crippen molar-refractivity contribution in [2.75, 3.05) is 0 Å². The van der Waals surface area contributed by atoms with Crippen LogP contribution in [0.4, 0.5) is 0 Å². The lowest BCUT2D eigenvalue weighted by molar-refractivity contribution is 0.0406. The van der Waals surface area contributed by atoms with Crippen molar-refractivity contribution in [1.82, 2.24) is 0 Å². The fourth-order valence-corrected chi connectivity index (χ4v) is 5.25. The zero-order valence-corrected chi connectivity index (χ0v) is 12.6. The van der Waals surface area contributed by atoms with Gasteiger partial charge in [0, 0.05) is 5.56 Å². The fourth-order valence-electron chi connectivity index (χ4n) is 2.37. The van der Waals surface area contributed by atoms with Crippen molar-refractivity contribution in [3.8, 4) is 0 Å². The molecular formula is C11H14Br2OS. The first kappa shape index (κ1) is 12.1. The zero-order valence-electron chi connectivity index (χ0n) is 8.59. The Morgan fingerprint density at radius 3 is 2.47 bits per heavy atom. The van der Waals surface area contributed by atoms with Gasteiger partial charge in [0.05, 0.1) is 13.7 Å². The van der Waals surface area contributed by atoms with Crippen LogP contribution in [0.2, 0.25) is 0 Å². The molecule has 84 valence electrons. The van der Waals surface area contributed by atoms with E-state index in [1.807, 2.05) is 6.07 Å². The Bertz CT molecular complexity index is 355. The van der Waals surface area contributed by atoms with Gasteiger partial charge >= 0.3 is 0 Å². The Morgan fingerprint density at radius 1 is 1.40 bits per heavy atom. The summed E-state index contributed by atoms with van der Waals surface area (Å²) in [5.74, 6) is 0. The van der Waals surface area contributed by atoms with E-state index in [-0.39, 0.29) is 11.5 Å². The first-order valence-corrected chi connectivity index (χ1v) is 7.56. The number of hydrogen-bond acceptors (Lipinski definition) is 2. The Morgan fingerprint density at radius 2 is 2.00 bits per heavy atom. The van der Waals surface area contributed by atoms with Crippen molar-refractivity contribution in [2.45, 2.75) is 38.7 Å². The van der Waals surface area contributed by atoms with Crippen molar-refractivity contribution in [1.29, 1.82) is 0 Å². The van der Waals surface area contributed by atoms with Crippen LogP contribution in [0.15, 0.2) is 13.6 Å². The molecule has 1 aliphatic rings. The molecule has 0 bridgehead atoms. The quantitative estimate of drug-likeness (QED) is 0.802. The maximum Gasteiger partial charge on any atom is 0.0863 e. The summed E-state index contributed by atoms with van der Waals surface area (Å²) in [5.41, 5.74) is 1.11. The summed E-state index contributed by atoms with van der Waals surface area (Å²) in [6.07, 6.45) is 4.42. The van der Waals surface area contributed by atoms with E-state index in [1.165, 1.54) is 12.8 Å². The lowest BCUT2D eigenvalue weighted by Gasteiger charge is -2.29. The van der Waals surface area contributed by atoms with Crippen LogP contribution >= 0.6 is 43.2 Å². The number of hydrogen-bond donors (Lipinski definition) is 1. The van der Waals surface area contributed by atoms with Crippen LogP contribution in [0.1, 0.15) is 44.3 Å². The van der Waals surface area contributed by atoms with Crippen LogP contribution in [0, 0.1) is 5.41 Å². The molecule has 0 radical (unpaired) electrons. The topological polar surface area (TPSA) is 20.2 Å². The second-order valence-electron chi connectivity index (χ2n) is 4.54. The molecule has 15 heavy (non-hydrogen) atoms. The van der Waals surface area contributed by atoms with E-state index in [1.54, 1.807) is 11.3 Å². The minimum absolute atomic E-state index is 0.0725. The molecule has 1 N–H and O–H groups in total. The first-order chi connectivity index (χ1) is 7.03. The lowest BCUT2D eigenvalue weighted by atomic mass is 9.80. The molecule has 1 aromatic heterocycles. The van der Waals surface area contributed by atoms with Crippen molar-refractivity contribution >= 4 is 43.2 Å². The highest BCUT2D eigenvalue weighted by Crippen LogP contribution is 2.50. The largest absolute Gasteiger partial charge is 0.388 e. The van der Waals surface area contributed by atoms with Gasteiger partial charge in [0.15, 0.2) is 0 Å². The van der Waals surface area contributed by atoms with Gasteiger partial charge in [-0.3, -0.25) is 0 Å². The van der Waals surface area contributed by atoms with Gasteiger partial charge in [0.1, 0.15) is 0 Å². The summed E-state index contributed by atoms with van der Waals surface area (Å²) in [7, 11) is 0. The molecule has 4 heteroatoms. The van der Waals surface area contributed by atoms with Gasteiger partial charge in [-0.15, -0.1) is 11.3 Å². The summed E-state index contributed by atoms with van der Waals surface area (Å²) in [5, 5.41) is 10.4. The molecule has 1 nitrogen and oxygen atoms in total. The Labute approximate surface area is 111 Å². The average Bonchev–Trinajstić information content (AvgIpc) is 2.73. The van der Waals surface area contributed by atoms with Crippen molar-refractivity contribution in [2.24, 2.45) is 5.41 Å². The van der Waals surface area contributed by atoms with E-state index in [9.17, 15) is 5.11 Å². The SMILES string of the molecule is CC1(C(O)c2cc(Br)sc2Br)CCCC1. The number of thiophene rings is 1. The minimum atomic E-state index is -0.336. The molecule has 1 aliphatic carbocycles. The Balaban J connectivity index is 2.27. The van der Waals surface area contributed by atoms with Crippen LogP contribution in [0.5, 0.6) is 0 Å². The zero-order chi connectivity index (χ0) is 11.1. The number of aliphatic hydroxyl groups is 1. The molecule has 1 saturated carbocycles. The van der Waals surface area contributed by atoms with Crippen molar-refractivity contribution in [3.05, 3.63) is 19.2 Å². The maximum atomic E-state index is 10.4. The van der Waals surface area contributed by atoms with E-state index >= 15 is 0 Å². The molecule has 2 rings (SSSR count). The number of rotatable bonds is 2. The monoisotopic (exact) mass is 352 g/mol. The number of halogens is 2. The summed E-state index contributed by atoms with van der Waals surface area (Å²) in [6.45, 7) is 2.20. The van der Waals surface area contributed by atoms with Gasteiger partial charge in [-0.25, -0.2) is 0 Å². The average molecular weight is 354 g/mol. The van der Waals surface area contributed by atoms with Gasteiger partial charge < -0.3 is 5.11 Å². The minimum Gasteiger partial charge on any atom is -0.388 e. The molecular weight excluding hydrogens is 340 g/mol. The van der Waals surface area contributed by atoms with E-state index in [0.29, 0.717) is 0 Å².